The summed E-state index contributed by atoms with van der Waals surface area (Å²) in [5, 5.41) is 20.0. The van der Waals surface area contributed by atoms with Crippen LogP contribution in [0.5, 0.6) is 11.5 Å². The molecule has 0 bridgehead atoms. The van der Waals surface area contributed by atoms with Gasteiger partial charge in [-0.1, -0.05) is 60.7 Å². The van der Waals surface area contributed by atoms with Gasteiger partial charge in [-0.05, 0) is 57.6 Å². The number of aromatic hydroxyl groups is 2. The molecule has 30 heavy (non-hydrogen) atoms. The Labute approximate surface area is 175 Å². The zero-order valence-corrected chi connectivity index (χ0v) is 16.3. The van der Waals surface area contributed by atoms with Crippen molar-refractivity contribution < 1.29 is 10.2 Å². The molecule has 0 saturated heterocycles. The van der Waals surface area contributed by atoms with Gasteiger partial charge in [-0.3, -0.25) is 0 Å². The molecule has 0 aromatic heterocycles. The zero-order valence-electron chi connectivity index (χ0n) is 16.3. The topological polar surface area (TPSA) is 92.5 Å². The Morgan fingerprint density at radius 1 is 0.600 bits per heavy atom. The van der Waals surface area contributed by atoms with Gasteiger partial charge in [-0.25, -0.2) is 0 Å². The number of phenols is 2. The fourth-order valence-corrected chi connectivity index (χ4v) is 4.66. The average Bonchev–Trinajstić information content (AvgIpc) is 3.08. The molecule has 1 aliphatic rings. The molecule has 0 aliphatic heterocycles. The minimum atomic E-state index is -0.0967. The molecule has 0 saturated carbocycles. The number of rotatable bonds is 3. The van der Waals surface area contributed by atoms with E-state index in [4.69, 9.17) is 11.5 Å². The van der Waals surface area contributed by atoms with Gasteiger partial charge in [-0.15, -0.1) is 0 Å². The van der Waals surface area contributed by atoms with Crippen molar-refractivity contribution >= 4 is 11.4 Å². The second kappa shape index (κ2) is 6.85. The van der Waals surface area contributed by atoms with Gasteiger partial charge < -0.3 is 21.7 Å². The van der Waals surface area contributed by atoms with Crippen LogP contribution in [0.25, 0.3) is 11.1 Å². The lowest BCUT2D eigenvalue weighted by Crippen LogP contribution is -2.13. The monoisotopic (exact) mass is 394 g/mol. The van der Waals surface area contributed by atoms with Crippen molar-refractivity contribution in [3.63, 3.8) is 0 Å². The first-order valence-corrected chi connectivity index (χ1v) is 9.89. The van der Waals surface area contributed by atoms with E-state index in [0.717, 1.165) is 11.1 Å². The van der Waals surface area contributed by atoms with Crippen LogP contribution >= 0.6 is 0 Å². The predicted molar refractivity (Wildman–Crippen MR) is 121 cm³/mol. The van der Waals surface area contributed by atoms with E-state index in [9.17, 15) is 10.2 Å². The number of hydrogen-bond donors (Lipinski definition) is 4. The minimum Gasteiger partial charge on any atom is -0.506 e. The van der Waals surface area contributed by atoms with Crippen molar-refractivity contribution in [2.24, 2.45) is 0 Å². The molecule has 6 N–H and O–H groups in total. The summed E-state index contributed by atoms with van der Waals surface area (Å²) in [6.45, 7) is 0. The molecular formula is C26H22N2O2. The summed E-state index contributed by atoms with van der Waals surface area (Å²) in [7, 11) is 0. The van der Waals surface area contributed by atoms with Crippen molar-refractivity contribution in [1.82, 2.24) is 0 Å². The molecule has 0 spiro atoms. The van der Waals surface area contributed by atoms with E-state index in [1.807, 2.05) is 24.3 Å². The number of nitrogen functional groups attached to an aromatic ring is 2. The van der Waals surface area contributed by atoms with E-state index in [-0.39, 0.29) is 23.3 Å². The van der Waals surface area contributed by atoms with E-state index in [2.05, 4.69) is 48.5 Å². The summed E-state index contributed by atoms with van der Waals surface area (Å²) < 4.78 is 0. The minimum absolute atomic E-state index is 0.0466. The fraction of sp³-hybridized carbons (Fsp3) is 0.0769. The van der Waals surface area contributed by atoms with Gasteiger partial charge in [-0.2, -0.15) is 0 Å². The number of anilines is 2. The molecule has 0 atom stereocenters. The SMILES string of the molecule is Nc1cc(C(c2ccc(O)c(N)c2)C2c3ccccc3-c3ccccc32)ccc1O. The lowest BCUT2D eigenvalue weighted by Gasteiger charge is -2.27. The summed E-state index contributed by atoms with van der Waals surface area (Å²) in [6.07, 6.45) is 0. The molecule has 1 aliphatic carbocycles. The van der Waals surface area contributed by atoms with E-state index < -0.39 is 0 Å². The van der Waals surface area contributed by atoms with Gasteiger partial charge in [0.1, 0.15) is 11.5 Å². The molecule has 0 unspecified atom stereocenters. The van der Waals surface area contributed by atoms with Crippen LogP contribution in [0.1, 0.15) is 34.1 Å². The van der Waals surface area contributed by atoms with E-state index in [1.165, 1.54) is 22.3 Å². The van der Waals surface area contributed by atoms with Crippen molar-refractivity contribution in [3.8, 4) is 22.6 Å². The van der Waals surface area contributed by atoms with Crippen molar-refractivity contribution in [2.75, 3.05) is 11.5 Å². The lowest BCUT2D eigenvalue weighted by atomic mass is 9.75. The second-order valence-electron chi connectivity index (χ2n) is 7.77. The van der Waals surface area contributed by atoms with E-state index in [1.54, 1.807) is 12.1 Å². The third-order valence-electron chi connectivity index (χ3n) is 6.04. The summed E-state index contributed by atoms with van der Waals surface area (Å²) in [5.74, 6) is 0.0794. The molecule has 0 amide bonds. The summed E-state index contributed by atoms with van der Waals surface area (Å²) in [4.78, 5) is 0. The summed E-state index contributed by atoms with van der Waals surface area (Å²) in [5.41, 5.74) is 19.7. The average molecular weight is 394 g/mol. The van der Waals surface area contributed by atoms with E-state index >= 15 is 0 Å². The highest BCUT2D eigenvalue weighted by Gasteiger charge is 2.36. The van der Waals surface area contributed by atoms with E-state index in [0.29, 0.717) is 11.4 Å². The maximum absolute atomic E-state index is 9.98. The van der Waals surface area contributed by atoms with Crippen molar-refractivity contribution in [3.05, 3.63) is 107 Å². The highest BCUT2D eigenvalue weighted by molar-refractivity contribution is 5.80. The maximum atomic E-state index is 9.98. The van der Waals surface area contributed by atoms with Crippen molar-refractivity contribution in [2.45, 2.75) is 11.8 Å². The van der Waals surface area contributed by atoms with Crippen LogP contribution in [0.15, 0.2) is 84.9 Å². The molecule has 5 rings (SSSR count). The highest BCUT2D eigenvalue weighted by Crippen LogP contribution is 2.53. The maximum Gasteiger partial charge on any atom is 0.138 e. The molecule has 148 valence electrons. The Bertz CT molecular complexity index is 1170. The molecule has 4 heteroatoms. The Morgan fingerprint density at radius 3 is 1.47 bits per heavy atom. The Morgan fingerprint density at radius 2 is 1.03 bits per heavy atom. The number of phenolic OH excluding ortho intramolecular Hbond substituents is 2. The summed E-state index contributed by atoms with van der Waals surface area (Å²) >= 11 is 0. The molecule has 4 aromatic carbocycles. The zero-order chi connectivity index (χ0) is 20.8. The van der Waals surface area contributed by atoms with Gasteiger partial charge >= 0.3 is 0 Å². The number of nitrogens with two attached hydrogens (primary N) is 2. The van der Waals surface area contributed by atoms with Gasteiger partial charge in [0.15, 0.2) is 0 Å². The quantitative estimate of drug-likeness (QED) is 0.284. The second-order valence-corrected chi connectivity index (χ2v) is 7.77. The molecular weight excluding hydrogens is 372 g/mol. The number of hydrogen-bond acceptors (Lipinski definition) is 4. The van der Waals surface area contributed by atoms with Crippen LogP contribution in [-0.2, 0) is 0 Å². The van der Waals surface area contributed by atoms with Crippen LogP contribution in [0.4, 0.5) is 11.4 Å². The molecule has 0 fully saturated rings. The lowest BCUT2D eigenvalue weighted by molar-refractivity contribution is 0.477. The van der Waals surface area contributed by atoms with Crippen LogP contribution in [0, 0.1) is 0 Å². The third-order valence-corrected chi connectivity index (χ3v) is 6.04. The first kappa shape index (κ1) is 18.1. The molecule has 4 aromatic rings. The number of benzene rings is 4. The Hall–Kier alpha value is -3.92. The van der Waals surface area contributed by atoms with Gasteiger partial charge in [0, 0.05) is 11.8 Å². The van der Waals surface area contributed by atoms with Crippen LogP contribution in [-0.4, -0.2) is 10.2 Å². The van der Waals surface area contributed by atoms with Gasteiger partial charge in [0.05, 0.1) is 11.4 Å². The number of fused-ring (bicyclic) bond motifs is 3. The summed E-state index contributed by atoms with van der Waals surface area (Å²) in [6, 6.07) is 27.6. The van der Waals surface area contributed by atoms with Crippen molar-refractivity contribution in [1.29, 1.82) is 0 Å². The van der Waals surface area contributed by atoms with Crippen LogP contribution in [0.3, 0.4) is 0 Å². The first-order chi connectivity index (χ1) is 14.5. The first-order valence-electron chi connectivity index (χ1n) is 9.89. The predicted octanol–water partition coefficient (Wildman–Crippen LogP) is 5.21. The third kappa shape index (κ3) is 2.77. The molecule has 0 radical (unpaired) electrons. The van der Waals surface area contributed by atoms with Crippen LogP contribution in [0.2, 0.25) is 0 Å². The smallest absolute Gasteiger partial charge is 0.138 e. The standard InChI is InChI=1S/C26H22N2O2/c27-21-13-15(9-11-23(21)29)25(16-10-12-24(30)22(28)14-16)26-19-7-3-1-5-17(19)18-6-2-4-8-20(18)26/h1-14,25-26,29-30H,27-28H2. The van der Waals surface area contributed by atoms with Gasteiger partial charge in [0.2, 0.25) is 0 Å². The Kier molecular flexibility index (Phi) is 4.14. The highest BCUT2D eigenvalue weighted by atomic mass is 16.3. The van der Waals surface area contributed by atoms with Crippen LogP contribution < -0.4 is 11.5 Å². The fourth-order valence-electron chi connectivity index (χ4n) is 4.66. The largest absolute Gasteiger partial charge is 0.506 e. The Balaban J connectivity index is 1.78. The van der Waals surface area contributed by atoms with Gasteiger partial charge in [0.25, 0.3) is 0 Å². The normalized spacial score (nSPS) is 12.7. The molecule has 4 nitrogen and oxygen atoms in total. The molecule has 0 heterocycles.